The van der Waals surface area contributed by atoms with Crippen molar-refractivity contribution in [1.29, 1.82) is 0 Å². The fourth-order valence-corrected chi connectivity index (χ4v) is 5.97. The van der Waals surface area contributed by atoms with Crippen LogP contribution in [0.15, 0.2) is 40.6 Å². The lowest BCUT2D eigenvalue weighted by Crippen LogP contribution is -2.43. The summed E-state index contributed by atoms with van der Waals surface area (Å²) in [5.41, 5.74) is 1.36. The van der Waals surface area contributed by atoms with E-state index in [-0.39, 0.29) is 23.2 Å². The van der Waals surface area contributed by atoms with Crippen molar-refractivity contribution in [3.8, 4) is 0 Å². The number of thiophene rings is 1. The van der Waals surface area contributed by atoms with Crippen LogP contribution in [0.5, 0.6) is 0 Å². The summed E-state index contributed by atoms with van der Waals surface area (Å²) in [7, 11) is -3.96. The largest absolute Gasteiger partial charge is 0.480 e. The lowest BCUT2D eigenvalue weighted by molar-refractivity contribution is -0.142. The Kier molecular flexibility index (Phi) is 5.12. The number of nitrogens with zero attached hydrogens (tertiary/aromatic N) is 1. The minimum absolute atomic E-state index is 0.0727. The smallest absolute Gasteiger partial charge is 0.326 e. The zero-order valence-electron chi connectivity index (χ0n) is 14.0. The molecule has 0 saturated heterocycles. The quantitative estimate of drug-likeness (QED) is 0.804. The molecular weight excluding hydrogens is 376 g/mol. The van der Waals surface area contributed by atoms with Crippen molar-refractivity contribution >= 4 is 33.2 Å². The van der Waals surface area contributed by atoms with E-state index in [2.05, 4.69) is 5.32 Å². The molecule has 1 atom stereocenters. The lowest BCUT2D eigenvalue weighted by Gasteiger charge is -2.33. The first-order valence-corrected chi connectivity index (χ1v) is 10.2. The van der Waals surface area contributed by atoms with Gasteiger partial charge in [0.15, 0.2) is 0 Å². The second-order valence-electron chi connectivity index (χ2n) is 5.94. The Labute approximate surface area is 155 Å². The van der Waals surface area contributed by atoms with Crippen molar-refractivity contribution in [1.82, 2.24) is 9.62 Å². The molecule has 1 aliphatic heterocycles. The predicted octanol–water partition coefficient (Wildman–Crippen LogP) is 1.76. The van der Waals surface area contributed by atoms with E-state index in [0.717, 1.165) is 21.2 Å². The van der Waals surface area contributed by atoms with Gasteiger partial charge in [0.25, 0.3) is 10.0 Å². The van der Waals surface area contributed by atoms with E-state index in [9.17, 15) is 23.1 Å². The number of carbonyl (C=O) groups excluding carboxylic acids is 1. The number of carboxylic acids is 1. The summed E-state index contributed by atoms with van der Waals surface area (Å²) in [6.07, 6.45) is 0.462. The molecule has 9 heteroatoms. The first kappa shape index (κ1) is 18.6. The molecule has 0 fully saturated rings. The average Bonchev–Trinajstić information content (AvgIpc) is 3.08. The number of fused-ring (bicyclic) bond motifs is 1. The van der Waals surface area contributed by atoms with Crippen LogP contribution in [0, 0.1) is 0 Å². The van der Waals surface area contributed by atoms with Gasteiger partial charge in [0, 0.05) is 18.3 Å². The summed E-state index contributed by atoms with van der Waals surface area (Å²) in [4.78, 5) is 23.5. The molecule has 0 saturated carbocycles. The Morgan fingerprint density at radius 3 is 2.69 bits per heavy atom. The standard InChI is InChI=1S/C17H18N2O5S2/c1-11(20)18-10-13-6-7-15(25-13)26(23,24)19-9-8-12-4-2-3-5-14(12)16(19)17(21)22/h2-7,16H,8-10H2,1H3,(H,18,20)(H,21,22). The van der Waals surface area contributed by atoms with Crippen LogP contribution in [0.25, 0.3) is 0 Å². The minimum atomic E-state index is -3.96. The zero-order valence-corrected chi connectivity index (χ0v) is 15.6. The van der Waals surface area contributed by atoms with Gasteiger partial charge in [-0.15, -0.1) is 11.3 Å². The Morgan fingerprint density at radius 1 is 1.27 bits per heavy atom. The van der Waals surface area contributed by atoms with Crippen molar-refractivity contribution in [2.24, 2.45) is 0 Å². The molecular formula is C17H18N2O5S2. The number of amides is 1. The van der Waals surface area contributed by atoms with Crippen molar-refractivity contribution < 1.29 is 23.1 Å². The molecule has 1 aromatic carbocycles. The number of carbonyl (C=O) groups is 2. The van der Waals surface area contributed by atoms with Crippen LogP contribution in [0.4, 0.5) is 0 Å². The number of hydrogen-bond acceptors (Lipinski definition) is 5. The Balaban J connectivity index is 1.94. The second-order valence-corrected chi connectivity index (χ2v) is 9.22. The Bertz CT molecular complexity index is 952. The SMILES string of the molecule is CC(=O)NCc1ccc(S(=O)(=O)N2CCc3ccccc3C2C(=O)O)s1. The molecule has 0 radical (unpaired) electrons. The summed E-state index contributed by atoms with van der Waals surface area (Å²) in [5.74, 6) is -1.41. The average molecular weight is 394 g/mol. The maximum absolute atomic E-state index is 13.0. The highest BCUT2D eigenvalue weighted by atomic mass is 32.2. The summed E-state index contributed by atoms with van der Waals surface area (Å²) >= 11 is 1.03. The van der Waals surface area contributed by atoms with Gasteiger partial charge in [-0.2, -0.15) is 4.31 Å². The second kappa shape index (κ2) is 7.18. The Morgan fingerprint density at radius 2 is 2.00 bits per heavy atom. The van der Waals surface area contributed by atoms with Crippen LogP contribution in [-0.2, 0) is 32.6 Å². The normalized spacial score (nSPS) is 17.5. The topological polar surface area (TPSA) is 104 Å². The van der Waals surface area contributed by atoms with Crippen molar-refractivity contribution in [2.45, 2.75) is 30.1 Å². The van der Waals surface area contributed by atoms with Crippen LogP contribution in [0.1, 0.15) is 29.0 Å². The molecule has 1 unspecified atom stereocenters. The first-order valence-electron chi connectivity index (χ1n) is 7.96. The van der Waals surface area contributed by atoms with Gasteiger partial charge in [0.2, 0.25) is 5.91 Å². The van der Waals surface area contributed by atoms with E-state index in [1.807, 2.05) is 12.1 Å². The number of carboxylic acid groups (broad SMARTS) is 1. The maximum atomic E-state index is 13.0. The van der Waals surface area contributed by atoms with Crippen LogP contribution < -0.4 is 5.32 Å². The van der Waals surface area contributed by atoms with Gasteiger partial charge in [-0.25, -0.2) is 8.42 Å². The molecule has 1 amide bonds. The van der Waals surface area contributed by atoms with E-state index >= 15 is 0 Å². The van der Waals surface area contributed by atoms with Crippen LogP contribution >= 0.6 is 11.3 Å². The molecule has 0 bridgehead atoms. The van der Waals surface area contributed by atoms with Gasteiger partial charge < -0.3 is 10.4 Å². The molecule has 26 heavy (non-hydrogen) atoms. The van der Waals surface area contributed by atoms with E-state index < -0.39 is 22.0 Å². The van der Waals surface area contributed by atoms with E-state index in [1.54, 1.807) is 18.2 Å². The van der Waals surface area contributed by atoms with Gasteiger partial charge in [0.1, 0.15) is 10.3 Å². The van der Waals surface area contributed by atoms with E-state index in [1.165, 1.54) is 13.0 Å². The Hall–Kier alpha value is -2.23. The summed E-state index contributed by atoms with van der Waals surface area (Å²) in [6.45, 7) is 1.73. The lowest BCUT2D eigenvalue weighted by atomic mass is 9.94. The number of hydrogen-bond donors (Lipinski definition) is 2. The summed E-state index contributed by atoms with van der Waals surface area (Å²) in [6, 6.07) is 8.85. The van der Waals surface area contributed by atoms with E-state index in [0.29, 0.717) is 16.9 Å². The molecule has 2 heterocycles. The van der Waals surface area contributed by atoms with Crippen LogP contribution in [0.2, 0.25) is 0 Å². The van der Waals surface area contributed by atoms with E-state index in [4.69, 9.17) is 0 Å². The monoisotopic (exact) mass is 394 g/mol. The summed E-state index contributed by atoms with van der Waals surface area (Å²) < 4.78 is 27.2. The van der Waals surface area contributed by atoms with Gasteiger partial charge in [-0.3, -0.25) is 9.59 Å². The van der Waals surface area contributed by atoms with Crippen LogP contribution in [-0.4, -0.2) is 36.3 Å². The molecule has 0 spiro atoms. The molecule has 0 aliphatic carbocycles. The van der Waals surface area contributed by atoms with Crippen LogP contribution in [0.3, 0.4) is 0 Å². The highest BCUT2D eigenvalue weighted by molar-refractivity contribution is 7.91. The number of aliphatic carboxylic acids is 1. The molecule has 7 nitrogen and oxygen atoms in total. The number of rotatable bonds is 5. The highest BCUT2D eigenvalue weighted by Gasteiger charge is 2.41. The molecule has 1 aliphatic rings. The third-order valence-corrected chi connectivity index (χ3v) is 7.60. The molecule has 2 aromatic rings. The highest BCUT2D eigenvalue weighted by Crippen LogP contribution is 2.36. The number of benzene rings is 1. The van der Waals surface area contributed by atoms with Gasteiger partial charge in [-0.05, 0) is 29.7 Å². The van der Waals surface area contributed by atoms with Gasteiger partial charge in [0.05, 0.1) is 6.54 Å². The van der Waals surface area contributed by atoms with Crippen molar-refractivity contribution in [3.63, 3.8) is 0 Å². The maximum Gasteiger partial charge on any atom is 0.326 e. The summed E-state index contributed by atoms with van der Waals surface area (Å²) in [5, 5.41) is 12.3. The van der Waals surface area contributed by atoms with Crippen molar-refractivity contribution in [3.05, 3.63) is 52.4 Å². The van der Waals surface area contributed by atoms with Gasteiger partial charge >= 0.3 is 5.97 Å². The third-order valence-electron chi connectivity index (χ3n) is 4.18. The molecule has 2 N–H and O–H groups in total. The predicted molar refractivity (Wildman–Crippen MR) is 96.3 cm³/mol. The minimum Gasteiger partial charge on any atom is -0.480 e. The molecule has 3 rings (SSSR count). The number of nitrogens with one attached hydrogen (secondary N) is 1. The molecule has 138 valence electrons. The van der Waals surface area contributed by atoms with Gasteiger partial charge in [-0.1, -0.05) is 24.3 Å². The first-order chi connectivity index (χ1) is 12.3. The fraction of sp³-hybridized carbons (Fsp3) is 0.294. The number of sulfonamides is 1. The third kappa shape index (κ3) is 3.50. The zero-order chi connectivity index (χ0) is 18.9. The fourth-order valence-electron chi connectivity index (χ4n) is 2.98. The molecule has 1 aromatic heterocycles. The van der Waals surface area contributed by atoms with Crippen molar-refractivity contribution in [2.75, 3.05) is 6.54 Å².